The molecule has 5 aromatic rings. The normalized spacial score (nSPS) is 11.8. The molecular formula is C26H24N8O9S. The van der Waals surface area contributed by atoms with E-state index in [2.05, 4.69) is 35.6 Å². The number of aliphatic hydroxyl groups is 1. The third kappa shape index (κ3) is 6.89. The molecule has 2 aromatic carbocycles. The van der Waals surface area contributed by atoms with Crippen LogP contribution in [0.1, 0.15) is 0 Å². The van der Waals surface area contributed by atoms with Crippen molar-refractivity contribution in [2.75, 3.05) is 32.9 Å². The van der Waals surface area contributed by atoms with Crippen LogP contribution in [0.5, 0.6) is 34.6 Å². The number of aromatic amines is 1. The number of tetrazole rings is 1. The average molecular weight is 625 g/mol. The van der Waals surface area contributed by atoms with Gasteiger partial charge in [0.2, 0.25) is 18.4 Å². The summed E-state index contributed by atoms with van der Waals surface area (Å²) in [6.45, 7) is -0.155. The number of fused-ring (bicyclic) bond motifs is 1. The molecule has 0 radical (unpaired) electrons. The van der Waals surface area contributed by atoms with Crippen molar-refractivity contribution in [3.63, 3.8) is 0 Å². The molecule has 0 aliphatic carbocycles. The fourth-order valence-corrected chi connectivity index (χ4v) is 4.22. The van der Waals surface area contributed by atoms with Crippen LogP contribution in [0.25, 0.3) is 22.9 Å². The summed E-state index contributed by atoms with van der Waals surface area (Å²) in [5.41, 5.74) is 7.26. The van der Waals surface area contributed by atoms with Gasteiger partial charge in [-0.1, -0.05) is 12.1 Å². The quantitative estimate of drug-likeness (QED) is 0.172. The van der Waals surface area contributed by atoms with Crippen LogP contribution < -0.4 is 29.4 Å². The average Bonchev–Trinajstić information content (AvgIpc) is 3.74. The minimum absolute atomic E-state index is 0.0113. The summed E-state index contributed by atoms with van der Waals surface area (Å²) >= 11 is 0. The van der Waals surface area contributed by atoms with E-state index in [1.54, 1.807) is 36.5 Å². The van der Waals surface area contributed by atoms with Gasteiger partial charge in [-0.3, -0.25) is 9.54 Å². The molecule has 17 nitrogen and oxygen atoms in total. The number of nitrogens with zero attached hydrogens (tertiary/aromatic N) is 6. The van der Waals surface area contributed by atoms with Crippen molar-refractivity contribution in [3.05, 3.63) is 60.8 Å². The number of hydrogen-bond acceptors (Lipinski definition) is 15. The van der Waals surface area contributed by atoms with Gasteiger partial charge in [-0.2, -0.15) is 18.6 Å². The third-order valence-corrected chi connectivity index (χ3v) is 6.56. The van der Waals surface area contributed by atoms with Crippen LogP contribution in [-0.4, -0.2) is 80.8 Å². The van der Waals surface area contributed by atoms with E-state index in [1.165, 1.54) is 25.3 Å². The van der Waals surface area contributed by atoms with E-state index in [1.807, 2.05) is 6.07 Å². The summed E-state index contributed by atoms with van der Waals surface area (Å²) in [4.78, 5) is 12.8. The number of anilines is 1. The maximum atomic E-state index is 10.7. The molecule has 4 heterocycles. The second-order valence-corrected chi connectivity index (χ2v) is 9.97. The standard InChI is InChI=1S/C19H18N8O4.C7H6O5S/c1-29-13-4-2-3-5-14(13)31-15-16(20)22-17(23-19(15)30-9-8-28)11-6-7-21-12(10-11)18-24-26-27-25-18;8-13(9,10)5-1-2-6-7(3-5)12-4-11-6/h2-7,10,28H,8-9H2,1H3,(H2,20,22,23)(H,24,25,26,27);1-3H,4H2,(H,8,9,10). The Balaban J connectivity index is 0.000000245. The van der Waals surface area contributed by atoms with Gasteiger partial charge in [0.25, 0.3) is 16.0 Å². The first kappa shape index (κ1) is 29.9. The van der Waals surface area contributed by atoms with Crippen LogP contribution in [0.4, 0.5) is 5.82 Å². The molecule has 0 spiro atoms. The molecule has 0 amide bonds. The Hall–Kier alpha value is -5.59. The number of rotatable bonds is 9. The van der Waals surface area contributed by atoms with Crippen molar-refractivity contribution in [2.24, 2.45) is 0 Å². The van der Waals surface area contributed by atoms with Gasteiger partial charge in [0.1, 0.15) is 12.3 Å². The van der Waals surface area contributed by atoms with Gasteiger partial charge in [0, 0.05) is 17.8 Å². The number of hydrogen-bond donors (Lipinski definition) is 4. The molecule has 44 heavy (non-hydrogen) atoms. The number of H-pyrrole nitrogens is 1. The summed E-state index contributed by atoms with van der Waals surface area (Å²) in [6, 6.07) is 14.3. The van der Waals surface area contributed by atoms with E-state index in [9.17, 15) is 13.5 Å². The summed E-state index contributed by atoms with van der Waals surface area (Å²) in [5, 5.41) is 22.9. The van der Waals surface area contributed by atoms with Crippen LogP contribution in [0.2, 0.25) is 0 Å². The summed E-state index contributed by atoms with van der Waals surface area (Å²) in [7, 11) is -2.63. The monoisotopic (exact) mass is 624 g/mol. The Bertz CT molecular complexity index is 1860. The molecule has 3 aromatic heterocycles. The van der Waals surface area contributed by atoms with Crippen molar-refractivity contribution in [1.29, 1.82) is 0 Å². The van der Waals surface area contributed by atoms with Crippen molar-refractivity contribution in [3.8, 4) is 57.5 Å². The lowest BCUT2D eigenvalue weighted by atomic mass is 10.2. The molecular weight excluding hydrogens is 600 g/mol. The lowest BCUT2D eigenvalue weighted by molar-refractivity contribution is 0.174. The van der Waals surface area contributed by atoms with E-state index in [4.69, 9.17) is 34.0 Å². The first-order valence-corrected chi connectivity index (χ1v) is 14.0. The number of aromatic nitrogens is 7. The number of benzene rings is 2. The number of methoxy groups -OCH3 is 1. The Morgan fingerprint density at radius 2 is 1.82 bits per heavy atom. The molecule has 0 unspecified atom stereocenters. The molecule has 18 heteroatoms. The van der Waals surface area contributed by atoms with Crippen molar-refractivity contribution < 1.29 is 41.8 Å². The first-order chi connectivity index (χ1) is 21.3. The van der Waals surface area contributed by atoms with Crippen LogP contribution in [0.15, 0.2) is 65.7 Å². The van der Waals surface area contributed by atoms with E-state index >= 15 is 0 Å². The highest BCUT2D eigenvalue weighted by atomic mass is 32.2. The van der Waals surface area contributed by atoms with E-state index in [-0.39, 0.29) is 48.2 Å². The zero-order chi connectivity index (χ0) is 31.1. The van der Waals surface area contributed by atoms with Crippen LogP contribution >= 0.6 is 0 Å². The third-order valence-electron chi connectivity index (χ3n) is 5.71. The molecule has 1 aliphatic heterocycles. The molecule has 5 N–H and O–H groups in total. The zero-order valence-corrected chi connectivity index (χ0v) is 23.6. The number of nitrogen functional groups attached to an aromatic ring is 1. The molecule has 0 atom stereocenters. The minimum Gasteiger partial charge on any atom is -0.493 e. The largest absolute Gasteiger partial charge is 0.493 e. The Kier molecular flexibility index (Phi) is 8.93. The molecule has 1 aliphatic rings. The van der Waals surface area contributed by atoms with Crippen molar-refractivity contribution in [2.45, 2.75) is 4.90 Å². The highest BCUT2D eigenvalue weighted by Crippen LogP contribution is 2.40. The molecule has 0 saturated heterocycles. The van der Waals surface area contributed by atoms with Crippen molar-refractivity contribution in [1.82, 2.24) is 35.6 Å². The van der Waals surface area contributed by atoms with Gasteiger partial charge in [-0.05, 0) is 41.6 Å². The van der Waals surface area contributed by atoms with Gasteiger partial charge in [0.05, 0.1) is 18.6 Å². The number of pyridine rings is 1. The summed E-state index contributed by atoms with van der Waals surface area (Å²) < 4.78 is 56.8. The highest BCUT2D eigenvalue weighted by Gasteiger charge is 2.20. The SMILES string of the molecule is COc1ccccc1Oc1c(N)nc(-c2ccnc(-c3nn[nH]n3)c2)nc1OCCO.O=S(=O)(O)c1ccc2c(c1)OCO2. The van der Waals surface area contributed by atoms with Gasteiger partial charge < -0.3 is 34.5 Å². The number of ether oxygens (including phenoxy) is 5. The Labute approximate surface area is 249 Å². The van der Waals surface area contributed by atoms with Gasteiger partial charge in [-0.25, -0.2) is 4.98 Å². The second kappa shape index (κ2) is 13.2. The lowest BCUT2D eigenvalue weighted by Gasteiger charge is -2.15. The minimum atomic E-state index is -4.16. The van der Waals surface area contributed by atoms with Crippen molar-refractivity contribution >= 4 is 15.9 Å². The smallest absolute Gasteiger partial charge is 0.294 e. The molecule has 0 bridgehead atoms. The molecule has 0 fully saturated rings. The van der Waals surface area contributed by atoms with Gasteiger partial charge in [-0.15, -0.1) is 10.2 Å². The predicted octanol–water partition coefficient (Wildman–Crippen LogP) is 2.13. The van der Waals surface area contributed by atoms with Gasteiger partial charge >= 0.3 is 0 Å². The summed E-state index contributed by atoms with van der Waals surface area (Å²) in [6.07, 6.45) is 1.56. The topological polar surface area (TPSA) is 240 Å². The molecule has 6 rings (SSSR count). The van der Waals surface area contributed by atoms with Gasteiger partial charge in [0.15, 0.2) is 34.6 Å². The summed E-state index contributed by atoms with van der Waals surface area (Å²) in [5.74, 6) is 2.52. The Morgan fingerprint density at radius 3 is 2.55 bits per heavy atom. The number of nitrogens with two attached hydrogens (primary N) is 1. The second-order valence-electron chi connectivity index (χ2n) is 8.55. The molecule has 0 saturated carbocycles. The maximum Gasteiger partial charge on any atom is 0.294 e. The zero-order valence-electron chi connectivity index (χ0n) is 22.8. The van der Waals surface area contributed by atoms with E-state index in [0.29, 0.717) is 40.1 Å². The Morgan fingerprint density at radius 1 is 1.02 bits per heavy atom. The van der Waals surface area contributed by atoms with Crippen LogP contribution in [-0.2, 0) is 10.1 Å². The molecule has 228 valence electrons. The first-order valence-electron chi connectivity index (χ1n) is 12.6. The fraction of sp³-hybridized carbons (Fsp3) is 0.154. The highest BCUT2D eigenvalue weighted by molar-refractivity contribution is 7.85. The number of nitrogens with one attached hydrogen (secondary N) is 1. The fourth-order valence-electron chi connectivity index (χ4n) is 3.72. The van der Waals surface area contributed by atoms with Crippen LogP contribution in [0.3, 0.4) is 0 Å². The number of para-hydroxylation sites is 2. The lowest BCUT2D eigenvalue weighted by Crippen LogP contribution is -2.08. The maximum absolute atomic E-state index is 10.7. The number of aliphatic hydroxyl groups excluding tert-OH is 1. The van der Waals surface area contributed by atoms with E-state index < -0.39 is 10.1 Å². The van der Waals surface area contributed by atoms with Crippen LogP contribution in [0, 0.1) is 0 Å². The predicted molar refractivity (Wildman–Crippen MR) is 151 cm³/mol. The van der Waals surface area contributed by atoms with E-state index in [0.717, 1.165) is 0 Å².